The van der Waals surface area contributed by atoms with Gasteiger partial charge in [0.15, 0.2) is 0 Å². The number of hydrogen-bond acceptors (Lipinski definition) is 6. The van der Waals surface area contributed by atoms with Gasteiger partial charge in [0.2, 0.25) is 5.91 Å². The first-order valence-corrected chi connectivity index (χ1v) is 16.5. The van der Waals surface area contributed by atoms with Crippen molar-refractivity contribution in [2.45, 2.75) is 77.7 Å². The van der Waals surface area contributed by atoms with Crippen molar-refractivity contribution in [1.82, 2.24) is 19.4 Å². The Kier molecular flexibility index (Phi) is 10.5. The van der Waals surface area contributed by atoms with E-state index in [4.69, 9.17) is 14.5 Å². The number of likely N-dealkylation sites (tertiary alicyclic amines) is 1. The average Bonchev–Trinajstić information content (AvgIpc) is 3.05. The van der Waals surface area contributed by atoms with Gasteiger partial charge in [-0.1, -0.05) is 18.2 Å². The Morgan fingerprint density at radius 3 is 2.28 bits per heavy atom. The Balaban J connectivity index is 1.58. The molecule has 9 nitrogen and oxygen atoms in total. The van der Waals surface area contributed by atoms with Crippen LogP contribution in [0.1, 0.15) is 70.5 Å². The Morgan fingerprint density at radius 2 is 1.66 bits per heavy atom. The molecule has 1 aliphatic rings. The SMILES string of the molecule is CCOc1ccc(-n2c(C(C)N(C(=O)Cc3ccc(F)c(C(F)(F)F)c3)C3CCN(C(=O)OC(C)(C)C)CC3)nc3ccccc3c2=O)cc1. The van der Waals surface area contributed by atoms with Gasteiger partial charge in [-0.05, 0) is 102 Å². The maximum Gasteiger partial charge on any atom is 0.419 e. The van der Waals surface area contributed by atoms with Crippen LogP contribution in [0, 0.1) is 5.82 Å². The minimum atomic E-state index is -4.95. The predicted octanol–water partition coefficient (Wildman–Crippen LogP) is 7.47. The van der Waals surface area contributed by atoms with E-state index in [1.165, 1.54) is 9.47 Å². The van der Waals surface area contributed by atoms with E-state index < -0.39 is 53.7 Å². The fraction of sp³-hybridized carbons (Fsp3) is 0.405. The summed E-state index contributed by atoms with van der Waals surface area (Å²) >= 11 is 0. The number of piperidine rings is 1. The summed E-state index contributed by atoms with van der Waals surface area (Å²) in [6.07, 6.45) is -5.26. The number of hydrogen-bond donors (Lipinski definition) is 0. The number of carbonyl (C=O) groups excluding carboxylic acids is 2. The van der Waals surface area contributed by atoms with E-state index in [9.17, 15) is 31.9 Å². The molecule has 0 saturated carbocycles. The lowest BCUT2D eigenvalue weighted by Gasteiger charge is -2.42. The number of ether oxygens (including phenoxy) is 2. The molecule has 5 rings (SSSR count). The molecule has 2 amide bonds. The molecule has 50 heavy (non-hydrogen) atoms. The highest BCUT2D eigenvalue weighted by Crippen LogP contribution is 2.34. The molecule has 1 atom stereocenters. The van der Waals surface area contributed by atoms with Gasteiger partial charge in [-0.25, -0.2) is 14.2 Å². The number of halogens is 4. The molecule has 0 spiro atoms. The van der Waals surface area contributed by atoms with Crippen molar-refractivity contribution in [3.05, 3.63) is 99.9 Å². The van der Waals surface area contributed by atoms with Gasteiger partial charge >= 0.3 is 12.3 Å². The molecule has 1 aliphatic heterocycles. The molecule has 1 fully saturated rings. The van der Waals surface area contributed by atoms with Gasteiger partial charge in [0.05, 0.1) is 41.2 Å². The summed E-state index contributed by atoms with van der Waals surface area (Å²) in [4.78, 5) is 49.2. The standard InChI is InChI=1S/C37H40F4N4O5/c1-6-49-27-14-12-25(13-15-27)45-33(42-31-10-8-7-9-28(31)34(45)47)23(2)44(26-17-19-43(20-18-26)35(48)50-36(3,4)5)32(46)22-24-11-16-30(38)29(21-24)37(39,40)41/h7-16,21,23,26H,6,17-20,22H2,1-5H3. The highest BCUT2D eigenvalue weighted by atomic mass is 19.4. The molecule has 0 bridgehead atoms. The van der Waals surface area contributed by atoms with Gasteiger partial charge in [0.1, 0.15) is 23.0 Å². The van der Waals surface area contributed by atoms with E-state index >= 15 is 0 Å². The van der Waals surface area contributed by atoms with Crippen LogP contribution >= 0.6 is 0 Å². The molecule has 4 aromatic rings. The lowest BCUT2D eigenvalue weighted by molar-refractivity contribution is -0.140. The quantitative estimate of drug-likeness (QED) is 0.178. The van der Waals surface area contributed by atoms with E-state index in [1.54, 1.807) is 81.1 Å². The number of aromatic nitrogens is 2. The van der Waals surface area contributed by atoms with Crippen molar-refractivity contribution in [1.29, 1.82) is 0 Å². The van der Waals surface area contributed by atoms with Crippen LogP contribution in [-0.4, -0.2) is 62.7 Å². The van der Waals surface area contributed by atoms with Crippen molar-refractivity contribution < 1.29 is 36.6 Å². The molecule has 3 aromatic carbocycles. The van der Waals surface area contributed by atoms with Gasteiger partial charge in [-0.15, -0.1) is 0 Å². The molecule has 2 heterocycles. The number of para-hydroxylation sites is 1. The summed E-state index contributed by atoms with van der Waals surface area (Å²) in [6, 6.07) is 14.8. The van der Waals surface area contributed by atoms with Crippen LogP contribution in [0.3, 0.4) is 0 Å². The van der Waals surface area contributed by atoms with Crippen LogP contribution in [0.5, 0.6) is 5.75 Å². The summed E-state index contributed by atoms with van der Waals surface area (Å²) < 4.78 is 67.4. The van der Waals surface area contributed by atoms with Crippen molar-refractivity contribution in [3.63, 3.8) is 0 Å². The predicted molar refractivity (Wildman–Crippen MR) is 180 cm³/mol. The van der Waals surface area contributed by atoms with Crippen molar-refractivity contribution in [2.24, 2.45) is 0 Å². The number of amides is 2. The molecule has 266 valence electrons. The van der Waals surface area contributed by atoms with Crippen molar-refractivity contribution >= 4 is 22.9 Å². The van der Waals surface area contributed by atoms with Crippen molar-refractivity contribution in [3.8, 4) is 11.4 Å². The summed E-state index contributed by atoms with van der Waals surface area (Å²) in [7, 11) is 0. The molecule has 1 saturated heterocycles. The van der Waals surface area contributed by atoms with Crippen LogP contribution in [0.2, 0.25) is 0 Å². The Hall–Kier alpha value is -4.94. The topological polar surface area (TPSA) is 94.0 Å². The lowest BCUT2D eigenvalue weighted by atomic mass is 9.99. The van der Waals surface area contributed by atoms with Crippen molar-refractivity contribution in [2.75, 3.05) is 19.7 Å². The fourth-order valence-electron chi connectivity index (χ4n) is 6.22. The number of rotatable bonds is 8. The van der Waals surface area contributed by atoms with Gasteiger partial charge in [0.25, 0.3) is 5.56 Å². The molecule has 13 heteroatoms. The number of alkyl halides is 3. The van der Waals surface area contributed by atoms with Gasteiger partial charge in [-0.3, -0.25) is 14.2 Å². The van der Waals surface area contributed by atoms with E-state index in [0.29, 0.717) is 53.9 Å². The zero-order valence-corrected chi connectivity index (χ0v) is 28.6. The van der Waals surface area contributed by atoms with Crippen LogP contribution < -0.4 is 10.3 Å². The lowest BCUT2D eigenvalue weighted by Crippen LogP contribution is -2.51. The van der Waals surface area contributed by atoms with E-state index in [1.807, 2.05) is 6.92 Å². The Morgan fingerprint density at radius 1 is 1.00 bits per heavy atom. The third-order valence-electron chi connectivity index (χ3n) is 8.49. The van der Waals surface area contributed by atoms with Crippen LogP contribution in [-0.2, 0) is 22.1 Å². The second-order valence-electron chi connectivity index (χ2n) is 13.2. The zero-order chi connectivity index (χ0) is 36.4. The smallest absolute Gasteiger partial charge is 0.419 e. The minimum Gasteiger partial charge on any atom is -0.494 e. The molecule has 0 radical (unpaired) electrons. The Bertz CT molecular complexity index is 1910. The van der Waals surface area contributed by atoms with Gasteiger partial charge in [0, 0.05) is 19.1 Å². The van der Waals surface area contributed by atoms with Gasteiger partial charge < -0.3 is 19.3 Å². The summed E-state index contributed by atoms with van der Waals surface area (Å²) in [5.74, 6) is -1.16. The first kappa shape index (κ1) is 36.3. The maximum atomic E-state index is 14.3. The first-order valence-electron chi connectivity index (χ1n) is 16.5. The average molecular weight is 697 g/mol. The summed E-state index contributed by atoms with van der Waals surface area (Å²) in [5, 5.41) is 0.354. The molecular formula is C37H40F4N4O5. The fourth-order valence-corrected chi connectivity index (χ4v) is 6.22. The van der Waals surface area contributed by atoms with Crippen LogP contribution in [0.15, 0.2) is 71.5 Å². The third-order valence-corrected chi connectivity index (χ3v) is 8.49. The summed E-state index contributed by atoms with van der Waals surface area (Å²) in [6.45, 7) is 9.81. The second-order valence-corrected chi connectivity index (χ2v) is 13.2. The van der Waals surface area contributed by atoms with Gasteiger partial charge in [-0.2, -0.15) is 13.2 Å². The van der Waals surface area contributed by atoms with Crippen LogP contribution in [0.25, 0.3) is 16.6 Å². The highest BCUT2D eigenvalue weighted by molar-refractivity contribution is 5.81. The highest BCUT2D eigenvalue weighted by Gasteiger charge is 2.38. The summed E-state index contributed by atoms with van der Waals surface area (Å²) in [5.41, 5.74) is -1.69. The number of nitrogens with zero attached hydrogens (tertiary/aromatic N) is 4. The van der Waals surface area contributed by atoms with E-state index in [0.717, 1.165) is 6.07 Å². The van der Waals surface area contributed by atoms with Crippen LogP contribution in [0.4, 0.5) is 22.4 Å². The molecule has 1 aromatic heterocycles. The third kappa shape index (κ3) is 8.09. The second kappa shape index (κ2) is 14.5. The van der Waals surface area contributed by atoms with E-state index in [2.05, 4.69) is 0 Å². The van der Waals surface area contributed by atoms with E-state index in [-0.39, 0.29) is 30.0 Å². The maximum absolute atomic E-state index is 14.3. The molecule has 1 unspecified atom stereocenters. The molecule has 0 N–H and O–H groups in total. The largest absolute Gasteiger partial charge is 0.494 e. The monoisotopic (exact) mass is 696 g/mol. The number of benzene rings is 3. The molecule has 0 aliphatic carbocycles. The Labute approximate surface area is 287 Å². The number of fused-ring (bicyclic) bond motifs is 1. The number of carbonyl (C=O) groups is 2. The first-order chi connectivity index (χ1) is 23.6. The minimum absolute atomic E-state index is 0.0255. The normalized spacial score (nSPS) is 14.8. The molecular weight excluding hydrogens is 656 g/mol. The zero-order valence-electron chi connectivity index (χ0n) is 28.6.